The second kappa shape index (κ2) is 9.85. The van der Waals surface area contributed by atoms with Crippen LogP contribution in [0.4, 0.5) is 5.69 Å². The number of carbonyl (C=O) groups excluding carboxylic acids is 1. The van der Waals surface area contributed by atoms with Crippen LogP contribution in [0.3, 0.4) is 0 Å². The fourth-order valence-corrected chi connectivity index (χ4v) is 4.41. The molecule has 2 aromatic carbocycles. The maximum atomic E-state index is 12.4. The lowest BCUT2D eigenvalue weighted by Crippen LogP contribution is -2.20. The Labute approximate surface area is 160 Å². The summed E-state index contributed by atoms with van der Waals surface area (Å²) in [6.45, 7) is 0. The number of hydrogen-bond acceptors (Lipinski definition) is 3. The van der Waals surface area contributed by atoms with Crippen LogP contribution >= 0.6 is 24.2 Å². The van der Waals surface area contributed by atoms with Crippen LogP contribution in [0.5, 0.6) is 0 Å². The van der Waals surface area contributed by atoms with Crippen molar-refractivity contribution in [3.05, 3.63) is 60.2 Å². The Hall–Kier alpha value is -1.49. The fraction of sp³-hybridized carbons (Fsp3) is 0.350. The zero-order chi connectivity index (χ0) is 16.8. The Morgan fingerprint density at radius 2 is 1.72 bits per heavy atom. The molecule has 25 heavy (non-hydrogen) atoms. The van der Waals surface area contributed by atoms with Gasteiger partial charge in [-0.2, -0.15) is 0 Å². The van der Waals surface area contributed by atoms with E-state index in [1.54, 1.807) is 0 Å². The molecule has 1 amide bonds. The molecule has 0 bridgehead atoms. The molecule has 0 saturated heterocycles. The van der Waals surface area contributed by atoms with Gasteiger partial charge in [-0.05, 0) is 30.5 Å². The zero-order valence-corrected chi connectivity index (χ0v) is 15.8. The minimum Gasteiger partial charge on any atom is -0.325 e. The standard InChI is InChI=1S/C20H24N2OS.ClH/c21-17(15-8-2-1-3-9-15)14-20(23)22-18-12-6-7-13-19(18)24-16-10-4-5-11-16;/h1-3,6-9,12-13,16-17H,4-5,10-11,14,21H2,(H,22,23);1H. The molecular weight excluding hydrogens is 352 g/mol. The van der Waals surface area contributed by atoms with E-state index in [0.29, 0.717) is 5.25 Å². The lowest BCUT2D eigenvalue weighted by Gasteiger charge is -2.16. The minimum absolute atomic E-state index is 0. The number of rotatable bonds is 6. The van der Waals surface area contributed by atoms with E-state index in [2.05, 4.69) is 11.4 Å². The van der Waals surface area contributed by atoms with Gasteiger partial charge in [0.05, 0.1) is 5.69 Å². The van der Waals surface area contributed by atoms with E-state index in [9.17, 15) is 4.79 Å². The summed E-state index contributed by atoms with van der Waals surface area (Å²) in [6.07, 6.45) is 5.46. The predicted molar refractivity (Wildman–Crippen MR) is 108 cm³/mol. The van der Waals surface area contributed by atoms with Crippen molar-refractivity contribution in [3.63, 3.8) is 0 Å². The molecule has 2 aromatic rings. The van der Waals surface area contributed by atoms with Crippen molar-refractivity contribution < 1.29 is 4.79 Å². The summed E-state index contributed by atoms with van der Waals surface area (Å²) in [5, 5.41) is 3.72. The molecule has 0 spiro atoms. The number of nitrogens with two attached hydrogens (primary N) is 1. The largest absolute Gasteiger partial charge is 0.325 e. The highest BCUT2D eigenvalue weighted by Crippen LogP contribution is 2.38. The molecule has 0 aromatic heterocycles. The van der Waals surface area contributed by atoms with E-state index in [0.717, 1.165) is 16.1 Å². The van der Waals surface area contributed by atoms with Gasteiger partial charge in [0.1, 0.15) is 0 Å². The van der Waals surface area contributed by atoms with Gasteiger partial charge in [0.25, 0.3) is 0 Å². The number of benzene rings is 2. The van der Waals surface area contributed by atoms with E-state index in [4.69, 9.17) is 5.73 Å². The lowest BCUT2D eigenvalue weighted by atomic mass is 10.0. The van der Waals surface area contributed by atoms with Crippen molar-refractivity contribution in [2.45, 2.75) is 48.3 Å². The number of hydrogen-bond donors (Lipinski definition) is 2. The number of para-hydroxylation sites is 1. The highest BCUT2D eigenvalue weighted by atomic mass is 35.5. The molecule has 134 valence electrons. The van der Waals surface area contributed by atoms with E-state index in [-0.39, 0.29) is 30.8 Å². The first-order chi connectivity index (χ1) is 11.7. The first-order valence-corrected chi connectivity index (χ1v) is 9.46. The Morgan fingerprint density at radius 3 is 2.44 bits per heavy atom. The first-order valence-electron chi connectivity index (χ1n) is 8.58. The van der Waals surface area contributed by atoms with Crippen molar-refractivity contribution in [1.29, 1.82) is 0 Å². The summed E-state index contributed by atoms with van der Waals surface area (Å²) >= 11 is 1.89. The third-order valence-electron chi connectivity index (χ3n) is 4.39. The topological polar surface area (TPSA) is 55.1 Å². The van der Waals surface area contributed by atoms with Crippen LogP contribution in [0.25, 0.3) is 0 Å². The monoisotopic (exact) mass is 376 g/mol. The van der Waals surface area contributed by atoms with Crippen LogP contribution in [0.1, 0.15) is 43.7 Å². The van der Waals surface area contributed by atoms with Gasteiger partial charge in [-0.15, -0.1) is 24.2 Å². The van der Waals surface area contributed by atoms with Crippen LogP contribution in [0.15, 0.2) is 59.5 Å². The van der Waals surface area contributed by atoms with Gasteiger partial charge >= 0.3 is 0 Å². The highest BCUT2D eigenvalue weighted by Gasteiger charge is 2.18. The molecule has 0 heterocycles. The molecule has 1 fully saturated rings. The SMILES string of the molecule is Cl.NC(CC(=O)Nc1ccccc1SC1CCCC1)c1ccccc1. The molecule has 1 atom stereocenters. The van der Waals surface area contributed by atoms with Crippen LogP contribution in [-0.2, 0) is 4.79 Å². The van der Waals surface area contributed by atoms with Crippen LogP contribution in [-0.4, -0.2) is 11.2 Å². The van der Waals surface area contributed by atoms with Crippen molar-refractivity contribution in [2.75, 3.05) is 5.32 Å². The van der Waals surface area contributed by atoms with Gasteiger partial charge in [-0.1, -0.05) is 55.3 Å². The summed E-state index contributed by atoms with van der Waals surface area (Å²) in [6, 6.07) is 17.5. The van der Waals surface area contributed by atoms with Crippen LogP contribution in [0.2, 0.25) is 0 Å². The fourth-order valence-electron chi connectivity index (χ4n) is 3.08. The van der Waals surface area contributed by atoms with Gasteiger partial charge in [0.15, 0.2) is 0 Å². The number of carbonyl (C=O) groups is 1. The van der Waals surface area contributed by atoms with Gasteiger partial charge in [0, 0.05) is 22.6 Å². The molecule has 1 aliphatic carbocycles. The van der Waals surface area contributed by atoms with Crippen LogP contribution < -0.4 is 11.1 Å². The number of halogens is 1. The van der Waals surface area contributed by atoms with Gasteiger partial charge < -0.3 is 11.1 Å². The van der Waals surface area contributed by atoms with E-state index in [1.807, 2.05) is 60.3 Å². The van der Waals surface area contributed by atoms with E-state index in [1.165, 1.54) is 25.7 Å². The average Bonchev–Trinajstić information content (AvgIpc) is 3.10. The number of anilines is 1. The summed E-state index contributed by atoms with van der Waals surface area (Å²) in [7, 11) is 0. The molecule has 0 radical (unpaired) electrons. The Balaban J connectivity index is 0.00000225. The highest BCUT2D eigenvalue weighted by molar-refractivity contribution is 8.00. The molecule has 1 unspecified atom stereocenters. The van der Waals surface area contributed by atoms with Crippen molar-refractivity contribution in [1.82, 2.24) is 0 Å². The smallest absolute Gasteiger partial charge is 0.226 e. The normalized spacial score (nSPS) is 15.4. The molecule has 5 heteroatoms. The summed E-state index contributed by atoms with van der Waals surface area (Å²) in [5.74, 6) is -0.0363. The molecule has 1 aliphatic rings. The van der Waals surface area contributed by atoms with E-state index < -0.39 is 0 Å². The minimum atomic E-state index is -0.277. The lowest BCUT2D eigenvalue weighted by molar-refractivity contribution is -0.116. The quantitative estimate of drug-likeness (QED) is 0.731. The Bertz CT molecular complexity index is 674. The van der Waals surface area contributed by atoms with Crippen molar-refractivity contribution >= 4 is 35.8 Å². The maximum absolute atomic E-state index is 12.4. The average molecular weight is 377 g/mol. The summed E-state index contributed by atoms with van der Waals surface area (Å²) < 4.78 is 0. The second-order valence-corrected chi connectivity index (χ2v) is 7.63. The number of nitrogens with one attached hydrogen (secondary N) is 1. The van der Waals surface area contributed by atoms with Crippen molar-refractivity contribution in [3.8, 4) is 0 Å². The molecule has 3 N–H and O–H groups in total. The third-order valence-corrected chi connectivity index (χ3v) is 5.80. The zero-order valence-electron chi connectivity index (χ0n) is 14.2. The molecule has 3 rings (SSSR count). The Kier molecular flexibility index (Phi) is 7.82. The summed E-state index contributed by atoms with van der Waals surface area (Å²) in [4.78, 5) is 13.5. The van der Waals surface area contributed by atoms with Gasteiger partial charge in [0.2, 0.25) is 5.91 Å². The molecular formula is C20H25ClN2OS. The van der Waals surface area contributed by atoms with Crippen molar-refractivity contribution in [2.24, 2.45) is 5.73 Å². The third kappa shape index (κ3) is 5.77. The maximum Gasteiger partial charge on any atom is 0.226 e. The number of amides is 1. The van der Waals surface area contributed by atoms with Crippen LogP contribution in [0, 0.1) is 0 Å². The predicted octanol–water partition coefficient (Wildman–Crippen LogP) is 5.17. The molecule has 1 saturated carbocycles. The second-order valence-electron chi connectivity index (χ2n) is 6.29. The number of thioether (sulfide) groups is 1. The molecule has 0 aliphatic heterocycles. The molecule has 3 nitrogen and oxygen atoms in total. The van der Waals surface area contributed by atoms with Gasteiger partial charge in [-0.3, -0.25) is 4.79 Å². The Morgan fingerprint density at radius 1 is 1.08 bits per heavy atom. The van der Waals surface area contributed by atoms with E-state index >= 15 is 0 Å². The first kappa shape index (κ1) is 19.8. The summed E-state index contributed by atoms with van der Waals surface area (Å²) in [5.41, 5.74) is 8.04. The van der Waals surface area contributed by atoms with Gasteiger partial charge in [-0.25, -0.2) is 0 Å².